The molecule has 0 saturated carbocycles. The van der Waals surface area contributed by atoms with Gasteiger partial charge in [0, 0.05) is 6.21 Å². The van der Waals surface area contributed by atoms with Crippen LogP contribution < -0.4 is 0 Å². The first kappa shape index (κ1) is 12.7. The molecule has 0 saturated heterocycles. The van der Waals surface area contributed by atoms with Gasteiger partial charge in [0.2, 0.25) is 0 Å². The van der Waals surface area contributed by atoms with Gasteiger partial charge in [-0.25, -0.2) is 0 Å². The number of nitriles is 2. The zero-order chi connectivity index (χ0) is 11.2. The Morgan fingerprint density at radius 1 is 1.14 bits per heavy atom. The molecule has 0 fully saturated rings. The first-order chi connectivity index (χ1) is 6.45. The molecule has 0 aromatic heterocycles. The van der Waals surface area contributed by atoms with Crippen molar-refractivity contribution in [2.24, 2.45) is 10.4 Å². The van der Waals surface area contributed by atoms with E-state index in [-0.39, 0.29) is 0 Å². The zero-order valence-electron chi connectivity index (χ0n) is 9.33. The van der Waals surface area contributed by atoms with Gasteiger partial charge in [0.1, 0.15) is 5.54 Å². The van der Waals surface area contributed by atoms with E-state index < -0.39 is 11.0 Å². The molecule has 0 heterocycles. The summed E-state index contributed by atoms with van der Waals surface area (Å²) in [5, 5.41) is 17.8. The quantitative estimate of drug-likeness (QED) is 0.641. The Morgan fingerprint density at radius 2 is 1.71 bits per heavy atom. The Labute approximate surface area is 86.1 Å². The highest BCUT2D eigenvalue weighted by molar-refractivity contribution is 5.69. The Hall–Kier alpha value is -1.35. The summed E-state index contributed by atoms with van der Waals surface area (Å²) in [6.45, 7) is 7.45. The van der Waals surface area contributed by atoms with Crippen LogP contribution in [0.5, 0.6) is 0 Å². The van der Waals surface area contributed by atoms with Crippen LogP contribution >= 0.6 is 0 Å². The molecule has 0 aromatic carbocycles. The summed E-state index contributed by atoms with van der Waals surface area (Å²) in [5.41, 5.74) is -1.24. The topological polar surface area (TPSA) is 59.9 Å². The van der Waals surface area contributed by atoms with E-state index in [1.165, 1.54) is 0 Å². The highest BCUT2D eigenvalue weighted by Gasteiger charge is 2.23. The zero-order valence-corrected chi connectivity index (χ0v) is 9.33. The SMILES string of the molecule is CCC(C)(C#N)C=NC(C)(C#N)CC. The van der Waals surface area contributed by atoms with Gasteiger partial charge in [-0.3, -0.25) is 4.99 Å². The van der Waals surface area contributed by atoms with Crippen LogP contribution in [-0.2, 0) is 0 Å². The predicted molar refractivity (Wildman–Crippen MR) is 56.8 cm³/mol. The Kier molecular flexibility index (Phi) is 4.31. The van der Waals surface area contributed by atoms with E-state index in [1.807, 2.05) is 20.8 Å². The summed E-state index contributed by atoms with van der Waals surface area (Å²) in [6.07, 6.45) is 2.98. The number of hydrogen-bond donors (Lipinski definition) is 0. The monoisotopic (exact) mass is 191 g/mol. The molecule has 0 aliphatic heterocycles. The van der Waals surface area contributed by atoms with Crippen molar-refractivity contribution in [2.45, 2.75) is 46.1 Å². The van der Waals surface area contributed by atoms with E-state index in [0.717, 1.165) is 0 Å². The van der Waals surface area contributed by atoms with Crippen molar-refractivity contribution in [3.05, 3.63) is 0 Å². The molecule has 3 heteroatoms. The molecule has 76 valence electrons. The van der Waals surface area contributed by atoms with Gasteiger partial charge in [-0.15, -0.1) is 0 Å². The van der Waals surface area contributed by atoms with Gasteiger partial charge in [-0.1, -0.05) is 13.8 Å². The van der Waals surface area contributed by atoms with E-state index in [9.17, 15) is 0 Å². The lowest BCUT2D eigenvalue weighted by atomic mass is 9.90. The van der Waals surface area contributed by atoms with Gasteiger partial charge in [-0.2, -0.15) is 10.5 Å². The Morgan fingerprint density at radius 3 is 2.00 bits per heavy atom. The lowest BCUT2D eigenvalue weighted by Gasteiger charge is -2.17. The van der Waals surface area contributed by atoms with Crippen LogP contribution in [0.2, 0.25) is 0 Å². The van der Waals surface area contributed by atoms with Crippen LogP contribution in [0.3, 0.4) is 0 Å². The van der Waals surface area contributed by atoms with Gasteiger partial charge < -0.3 is 0 Å². The number of rotatable bonds is 4. The van der Waals surface area contributed by atoms with Gasteiger partial charge >= 0.3 is 0 Å². The Balaban J connectivity index is 4.76. The number of nitrogens with zero attached hydrogens (tertiary/aromatic N) is 3. The van der Waals surface area contributed by atoms with Crippen molar-refractivity contribution < 1.29 is 0 Å². The van der Waals surface area contributed by atoms with Crippen LogP contribution in [0, 0.1) is 28.1 Å². The van der Waals surface area contributed by atoms with E-state index in [2.05, 4.69) is 17.1 Å². The molecule has 0 N–H and O–H groups in total. The molecule has 3 nitrogen and oxygen atoms in total. The summed E-state index contributed by atoms with van der Waals surface area (Å²) >= 11 is 0. The maximum absolute atomic E-state index is 8.90. The largest absolute Gasteiger partial charge is 0.274 e. The highest BCUT2D eigenvalue weighted by atomic mass is 14.8. The third kappa shape index (κ3) is 3.18. The van der Waals surface area contributed by atoms with E-state index >= 15 is 0 Å². The van der Waals surface area contributed by atoms with E-state index in [0.29, 0.717) is 12.8 Å². The molecule has 0 rings (SSSR count). The minimum atomic E-state index is -0.687. The fraction of sp³-hybridized carbons (Fsp3) is 0.727. The maximum Gasteiger partial charge on any atom is 0.143 e. The fourth-order valence-corrected chi connectivity index (χ4v) is 0.683. The van der Waals surface area contributed by atoms with Gasteiger partial charge in [0.15, 0.2) is 0 Å². The van der Waals surface area contributed by atoms with Crippen molar-refractivity contribution >= 4 is 6.21 Å². The molecule has 2 unspecified atom stereocenters. The summed E-state index contributed by atoms with van der Waals surface area (Å²) in [7, 11) is 0. The van der Waals surface area contributed by atoms with Gasteiger partial charge in [0.25, 0.3) is 0 Å². The maximum atomic E-state index is 8.90. The first-order valence-electron chi connectivity index (χ1n) is 4.84. The third-order valence-electron chi connectivity index (χ3n) is 2.55. The molecule has 0 aliphatic rings. The molecule has 14 heavy (non-hydrogen) atoms. The molecule has 0 bridgehead atoms. The summed E-state index contributed by atoms with van der Waals surface area (Å²) in [6, 6.07) is 4.33. The summed E-state index contributed by atoms with van der Waals surface area (Å²) in [5.74, 6) is 0. The molecular weight excluding hydrogens is 174 g/mol. The van der Waals surface area contributed by atoms with Crippen LogP contribution in [0.15, 0.2) is 4.99 Å². The van der Waals surface area contributed by atoms with Crippen molar-refractivity contribution in [1.82, 2.24) is 0 Å². The normalized spacial score (nSPS) is 19.3. The lowest BCUT2D eigenvalue weighted by molar-refractivity contribution is 0.553. The van der Waals surface area contributed by atoms with Crippen LogP contribution in [-0.4, -0.2) is 11.8 Å². The van der Waals surface area contributed by atoms with Gasteiger partial charge in [-0.05, 0) is 26.7 Å². The second-order valence-corrected chi connectivity index (χ2v) is 3.88. The minimum absolute atomic E-state index is 0.548. The van der Waals surface area contributed by atoms with Crippen molar-refractivity contribution in [2.75, 3.05) is 0 Å². The van der Waals surface area contributed by atoms with Crippen molar-refractivity contribution in [1.29, 1.82) is 10.5 Å². The average Bonchev–Trinajstić information content (AvgIpc) is 2.25. The Bertz CT molecular complexity index is 265. The van der Waals surface area contributed by atoms with E-state index in [4.69, 9.17) is 10.5 Å². The minimum Gasteiger partial charge on any atom is -0.274 e. The highest BCUT2D eigenvalue weighted by Crippen LogP contribution is 2.20. The smallest absolute Gasteiger partial charge is 0.143 e. The van der Waals surface area contributed by atoms with Crippen LogP contribution in [0.25, 0.3) is 0 Å². The third-order valence-corrected chi connectivity index (χ3v) is 2.55. The molecule has 0 amide bonds. The van der Waals surface area contributed by atoms with E-state index in [1.54, 1.807) is 13.1 Å². The van der Waals surface area contributed by atoms with Crippen LogP contribution in [0.4, 0.5) is 0 Å². The standard InChI is InChI=1S/C11H17N3/c1-5-10(3,7-12)9-14-11(4,6-2)8-13/h9H,5-6H2,1-4H3. The first-order valence-corrected chi connectivity index (χ1v) is 4.84. The number of hydrogen-bond acceptors (Lipinski definition) is 3. The second kappa shape index (κ2) is 4.77. The predicted octanol–water partition coefficient (Wildman–Crippen LogP) is 2.69. The van der Waals surface area contributed by atoms with Gasteiger partial charge in [0.05, 0.1) is 17.6 Å². The molecule has 0 aliphatic carbocycles. The van der Waals surface area contributed by atoms with Crippen molar-refractivity contribution in [3.8, 4) is 12.1 Å². The lowest BCUT2D eigenvalue weighted by Crippen LogP contribution is -2.22. The number of aliphatic imine (C=N–C) groups is 1. The summed E-state index contributed by atoms with van der Waals surface area (Å²) in [4.78, 5) is 4.20. The summed E-state index contributed by atoms with van der Waals surface area (Å²) < 4.78 is 0. The molecule has 0 spiro atoms. The average molecular weight is 191 g/mol. The molecule has 0 aromatic rings. The van der Waals surface area contributed by atoms with Crippen LogP contribution in [0.1, 0.15) is 40.5 Å². The molecule has 0 radical (unpaired) electrons. The van der Waals surface area contributed by atoms with Crippen molar-refractivity contribution in [3.63, 3.8) is 0 Å². The fourth-order valence-electron chi connectivity index (χ4n) is 0.683. The molecular formula is C11H17N3. The second-order valence-electron chi connectivity index (χ2n) is 3.88. The molecule has 2 atom stereocenters.